The van der Waals surface area contributed by atoms with Gasteiger partial charge in [-0.1, -0.05) is 0 Å². The number of nitrogens with two attached hydrogens (primary N) is 1. The first-order chi connectivity index (χ1) is 5.18. The zero-order chi connectivity index (χ0) is 8.69. The summed E-state index contributed by atoms with van der Waals surface area (Å²) in [4.78, 5) is 10.1. The molecule has 0 fully saturated rings. The van der Waals surface area contributed by atoms with Gasteiger partial charge in [0.15, 0.2) is 0 Å². The average molecular weight is 180 g/mol. The Balaban J connectivity index is 3.24. The Morgan fingerprint density at radius 2 is 2.36 bits per heavy atom. The molecule has 3 N–H and O–H groups in total. The molecule has 0 aromatic heterocycles. The third-order valence-electron chi connectivity index (χ3n) is 1.14. The molecule has 6 heteroatoms. The van der Waals surface area contributed by atoms with Gasteiger partial charge < -0.3 is 10.8 Å². The van der Waals surface area contributed by atoms with E-state index in [-0.39, 0.29) is 0 Å². The maximum atomic E-state index is 10.1. The van der Waals surface area contributed by atoms with Crippen molar-refractivity contribution in [3.05, 3.63) is 0 Å². The van der Waals surface area contributed by atoms with Gasteiger partial charge in [-0.2, -0.15) is 0 Å². The van der Waals surface area contributed by atoms with Gasteiger partial charge in [-0.15, -0.1) is 4.52 Å². The second-order valence-corrected chi connectivity index (χ2v) is 2.47. The van der Waals surface area contributed by atoms with Crippen LogP contribution in [-0.4, -0.2) is 23.7 Å². The summed E-state index contributed by atoms with van der Waals surface area (Å²) in [5.74, 6) is -1.02. The molecule has 64 valence electrons. The Morgan fingerprint density at radius 3 is 2.82 bits per heavy atom. The Hall–Kier alpha value is -0.510. The molecule has 0 spiro atoms. The molecule has 0 aliphatic rings. The molecule has 2 unspecified atom stereocenters. The minimum absolute atomic E-state index is 0.295. The molecule has 0 radical (unpaired) electrons. The van der Waals surface area contributed by atoms with Crippen LogP contribution in [0.1, 0.15) is 12.8 Å². The molecule has 0 amide bonds. The van der Waals surface area contributed by atoms with Crippen LogP contribution in [0, 0.1) is 0 Å². The lowest BCUT2D eigenvalue weighted by atomic mass is 10.2. The highest BCUT2D eigenvalue weighted by Crippen LogP contribution is 2.00. The van der Waals surface area contributed by atoms with Crippen molar-refractivity contribution < 1.29 is 19.0 Å². The van der Waals surface area contributed by atoms with E-state index in [4.69, 9.17) is 10.8 Å². The van der Waals surface area contributed by atoms with Crippen LogP contribution < -0.4 is 5.73 Å². The van der Waals surface area contributed by atoms with Crippen LogP contribution >= 0.6 is 8.69 Å². The Labute approximate surface area is 65.8 Å². The molecule has 2 atom stereocenters. The van der Waals surface area contributed by atoms with E-state index in [9.17, 15) is 9.36 Å². The van der Waals surface area contributed by atoms with E-state index in [1.54, 1.807) is 0 Å². The summed E-state index contributed by atoms with van der Waals surface area (Å²) in [7, 11) is -0.783. The number of rotatable bonds is 6. The van der Waals surface area contributed by atoms with Gasteiger partial charge in [0.25, 0.3) is 0 Å². The molecular formula is C5H11NO4P+. The van der Waals surface area contributed by atoms with Gasteiger partial charge in [0.2, 0.25) is 0 Å². The third-order valence-corrected chi connectivity index (χ3v) is 1.46. The number of carbonyl (C=O) groups is 1. The van der Waals surface area contributed by atoms with Crippen molar-refractivity contribution in [2.45, 2.75) is 18.9 Å². The molecule has 0 aliphatic carbocycles. The second-order valence-electron chi connectivity index (χ2n) is 2.02. The number of carboxylic acids is 1. The Morgan fingerprint density at radius 1 is 1.73 bits per heavy atom. The number of carboxylic acid groups (broad SMARTS) is 1. The Bertz CT molecular complexity index is 140. The standard InChI is InChI=1S/C5H10NO4P/c6-4(5(7)8)2-1-3-10-11-9/h4,11H,1-3,6H2/p+1. The number of hydrogen-bond donors (Lipinski definition) is 2. The van der Waals surface area contributed by atoms with Crippen molar-refractivity contribution in [2.75, 3.05) is 6.61 Å². The van der Waals surface area contributed by atoms with Gasteiger partial charge in [0.1, 0.15) is 12.6 Å². The molecule has 0 aromatic carbocycles. The smallest absolute Gasteiger partial charge is 0.480 e. The number of aliphatic carboxylic acids is 1. The fourth-order valence-corrected chi connectivity index (χ4v) is 0.768. The first-order valence-electron chi connectivity index (χ1n) is 3.15. The molecule has 0 aromatic rings. The molecule has 0 rings (SSSR count). The van der Waals surface area contributed by atoms with Crippen LogP contribution in [0.5, 0.6) is 0 Å². The first-order valence-corrected chi connectivity index (χ1v) is 3.97. The van der Waals surface area contributed by atoms with E-state index in [1.807, 2.05) is 0 Å². The molecule has 0 aliphatic heterocycles. The summed E-state index contributed by atoms with van der Waals surface area (Å²) >= 11 is 0. The molecule has 0 saturated heterocycles. The number of hydrogen-bond acceptors (Lipinski definition) is 4. The lowest BCUT2D eigenvalue weighted by Gasteiger charge is -2.02. The average Bonchev–Trinajstić information content (AvgIpc) is 1.97. The lowest BCUT2D eigenvalue weighted by Crippen LogP contribution is -2.30. The van der Waals surface area contributed by atoms with E-state index < -0.39 is 20.7 Å². The summed E-state index contributed by atoms with van der Waals surface area (Å²) in [6, 6.07) is -0.839. The van der Waals surface area contributed by atoms with E-state index in [2.05, 4.69) is 4.52 Å². The van der Waals surface area contributed by atoms with Gasteiger partial charge in [0.05, 0.1) is 0 Å². The topological polar surface area (TPSA) is 89.6 Å². The van der Waals surface area contributed by atoms with Crippen LogP contribution in [-0.2, 0) is 13.9 Å². The summed E-state index contributed by atoms with van der Waals surface area (Å²) in [6.07, 6.45) is 0.864. The quantitative estimate of drug-likeness (QED) is 0.448. The molecule has 0 saturated carbocycles. The van der Waals surface area contributed by atoms with Crippen molar-refractivity contribution in [1.82, 2.24) is 0 Å². The SMILES string of the molecule is NC(CCCO[PH+]=O)C(=O)O. The third kappa shape index (κ3) is 5.91. The fraction of sp³-hybridized carbons (Fsp3) is 0.800. The van der Waals surface area contributed by atoms with Gasteiger partial charge in [-0.25, -0.2) is 0 Å². The summed E-state index contributed by atoms with van der Waals surface area (Å²) in [5.41, 5.74) is 5.17. The van der Waals surface area contributed by atoms with Gasteiger partial charge in [0, 0.05) is 0 Å². The van der Waals surface area contributed by atoms with E-state index in [0.29, 0.717) is 19.4 Å². The minimum atomic E-state index is -1.02. The molecular weight excluding hydrogens is 169 g/mol. The van der Waals surface area contributed by atoms with Crippen molar-refractivity contribution in [1.29, 1.82) is 0 Å². The summed E-state index contributed by atoms with van der Waals surface area (Å²) < 4.78 is 14.3. The Kier molecular flexibility index (Phi) is 5.93. The predicted molar refractivity (Wildman–Crippen MR) is 39.8 cm³/mol. The predicted octanol–water partition coefficient (Wildman–Crippen LogP) is 0.134. The molecule has 11 heavy (non-hydrogen) atoms. The van der Waals surface area contributed by atoms with Gasteiger partial charge in [-0.05, 0) is 17.4 Å². The summed E-state index contributed by atoms with van der Waals surface area (Å²) in [5, 5.41) is 8.31. The highest BCUT2D eigenvalue weighted by Gasteiger charge is 2.10. The van der Waals surface area contributed by atoms with Crippen LogP contribution in [0.4, 0.5) is 0 Å². The monoisotopic (exact) mass is 180 g/mol. The molecule has 0 heterocycles. The van der Waals surface area contributed by atoms with Crippen molar-refractivity contribution in [3.8, 4) is 0 Å². The zero-order valence-electron chi connectivity index (χ0n) is 5.95. The van der Waals surface area contributed by atoms with Crippen molar-refractivity contribution in [3.63, 3.8) is 0 Å². The minimum Gasteiger partial charge on any atom is -0.480 e. The second kappa shape index (κ2) is 6.22. The first kappa shape index (κ1) is 10.5. The maximum Gasteiger partial charge on any atom is 0.494 e. The molecule has 0 bridgehead atoms. The highest BCUT2D eigenvalue weighted by atomic mass is 31.1. The van der Waals surface area contributed by atoms with Crippen LogP contribution in [0.15, 0.2) is 0 Å². The zero-order valence-corrected chi connectivity index (χ0v) is 6.95. The molecule has 5 nitrogen and oxygen atoms in total. The fourth-order valence-electron chi connectivity index (χ4n) is 0.541. The van der Waals surface area contributed by atoms with E-state index in [0.717, 1.165) is 0 Å². The highest BCUT2D eigenvalue weighted by molar-refractivity contribution is 7.17. The normalized spacial score (nSPS) is 13.2. The summed E-state index contributed by atoms with van der Waals surface area (Å²) in [6.45, 7) is 0.295. The van der Waals surface area contributed by atoms with Crippen LogP contribution in [0.2, 0.25) is 0 Å². The van der Waals surface area contributed by atoms with Crippen LogP contribution in [0.25, 0.3) is 0 Å². The van der Waals surface area contributed by atoms with Crippen molar-refractivity contribution in [2.24, 2.45) is 5.73 Å². The van der Waals surface area contributed by atoms with Gasteiger partial charge >= 0.3 is 14.7 Å². The van der Waals surface area contributed by atoms with E-state index >= 15 is 0 Å². The lowest BCUT2D eigenvalue weighted by molar-refractivity contribution is -0.138. The largest absolute Gasteiger partial charge is 0.494 e. The van der Waals surface area contributed by atoms with Gasteiger partial charge in [-0.3, -0.25) is 4.79 Å². The van der Waals surface area contributed by atoms with E-state index in [1.165, 1.54) is 0 Å². The van der Waals surface area contributed by atoms with Crippen LogP contribution in [0.3, 0.4) is 0 Å². The maximum absolute atomic E-state index is 10.1. The van der Waals surface area contributed by atoms with Crippen molar-refractivity contribution >= 4 is 14.7 Å².